The van der Waals surface area contributed by atoms with Crippen LogP contribution in [-0.2, 0) is 15.1 Å². The number of nitrogens with one attached hydrogen (secondary N) is 1. The molecule has 2 rings (SSSR count). The van der Waals surface area contributed by atoms with Gasteiger partial charge in [0.25, 0.3) is 0 Å². The molecule has 1 unspecified atom stereocenters. The Morgan fingerprint density at radius 1 is 1.50 bits per heavy atom. The van der Waals surface area contributed by atoms with Crippen molar-refractivity contribution in [3.63, 3.8) is 0 Å². The van der Waals surface area contributed by atoms with E-state index in [1.807, 2.05) is 0 Å². The number of nitrogens with zero attached hydrogens (tertiary/aromatic N) is 1. The van der Waals surface area contributed by atoms with E-state index in [9.17, 15) is 9.18 Å². The van der Waals surface area contributed by atoms with E-state index in [1.54, 1.807) is 43.6 Å². The molecule has 1 aromatic carbocycles. The summed E-state index contributed by atoms with van der Waals surface area (Å²) in [6.45, 7) is 3.61. The summed E-state index contributed by atoms with van der Waals surface area (Å²) in [5.74, 6) is -0.919. The molecule has 0 bridgehead atoms. The largest absolute Gasteiger partial charge is 0.464 e. The second-order valence-electron chi connectivity index (χ2n) is 4.29. The Labute approximate surface area is 120 Å². The fourth-order valence-corrected chi connectivity index (χ4v) is 2.51. The number of esters is 1. The first-order chi connectivity index (χ1) is 9.58. The predicted molar refractivity (Wildman–Crippen MR) is 76.1 cm³/mol. The fourth-order valence-electron chi connectivity index (χ4n) is 1.77. The van der Waals surface area contributed by atoms with Crippen LogP contribution in [0.2, 0.25) is 0 Å². The molecule has 0 amide bonds. The van der Waals surface area contributed by atoms with Crippen molar-refractivity contribution in [2.75, 3.05) is 11.9 Å². The van der Waals surface area contributed by atoms with E-state index >= 15 is 0 Å². The molecule has 4 nitrogen and oxygen atoms in total. The number of thiazole rings is 1. The van der Waals surface area contributed by atoms with Crippen LogP contribution >= 0.6 is 11.3 Å². The summed E-state index contributed by atoms with van der Waals surface area (Å²) in [7, 11) is 0. The van der Waals surface area contributed by atoms with E-state index in [1.165, 1.54) is 17.4 Å². The van der Waals surface area contributed by atoms with E-state index in [4.69, 9.17) is 4.74 Å². The SMILES string of the molecule is CCOC(=O)C(C)(Nc1ccccc1F)c1nccs1. The van der Waals surface area contributed by atoms with Crippen LogP contribution in [0.15, 0.2) is 35.8 Å². The summed E-state index contributed by atoms with van der Waals surface area (Å²) in [5, 5.41) is 5.20. The van der Waals surface area contributed by atoms with Gasteiger partial charge in [0, 0.05) is 11.6 Å². The number of hydrogen-bond acceptors (Lipinski definition) is 5. The quantitative estimate of drug-likeness (QED) is 0.861. The Morgan fingerprint density at radius 2 is 2.25 bits per heavy atom. The number of ether oxygens (including phenoxy) is 1. The lowest BCUT2D eigenvalue weighted by molar-refractivity contribution is -0.148. The Bertz CT molecular complexity index is 589. The fraction of sp³-hybridized carbons (Fsp3) is 0.286. The first-order valence-electron chi connectivity index (χ1n) is 6.18. The van der Waals surface area contributed by atoms with Gasteiger partial charge in [-0.1, -0.05) is 12.1 Å². The molecule has 0 saturated carbocycles. The maximum atomic E-state index is 13.8. The second-order valence-corrected chi connectivity index (χ2v) is 5.18. The first-order valence-corrected chi connectivity index (χ1v) is 7.05. The van der Waals surface area contributed by atoms with Gasteiger partial charge in [-0.25, -0.2) is 14.2 Å². The highest BCUT2D eigenvalue weighted by atomic mass is 32.1. The predicted octanol–water partition coefficient (Wildman–Crippen LogP) is 3.17. The van der Waals surface area contributed by atoms with Crippen LogP contribution in [0.5, 0.6) is 0 Å². The molecule has 6 heteroatoms. The number of anilines is 1. The van der Waals surface area contributed by atoms with Gasteiger partial charge in [-0.05, 0) is 26.0 Å². The highest BCUT2D eigenvalue weighted by molar-refractivity contribution is 7.09. The molecule has 1 N–H and O–H groups in total. The minimum absolute atomic E-state index is 0.234. The number of rotatable bonds is 5. The van der Waals surface area contributed by atoms with Crippen molar-refractivity contribution in [1.29, 1.82) is 0 Å². The topological polar surface area (TPSA) is 51.2 Å². The highest BCUT2D eigenvalue weighted by Crippen LogP contribution is 2.30. The van der Waals surface area contributed by atoms with Gasteiger partial charge < -0.3 is 10.1 Å². The molecule has 106 valence electrons. The molecular formula is C14H15FN2O2S. The van der Waals surface area contributed by atoms with Crippen molar-refractivity contribution in [2.45, 2.75) is 19.4 Å². The molecule has 20 heavy (non-hydrogen) atoms. The lowest BCUT2D eigenvalue weighted by Crippen LogP contribution is -2.42. The van der Waals surface area contributed by atoms with Gasteiger partial charge in [-0.15, -0.1) is 11.3 Å². The van der Waals surface area contributed by atoms with Crippen LogP contribution < -0.4 is 5.32 Å². The molecule has 0 saturated heterocycles. The average molecular weight is 294 g/mol. The van der Waals surface area contributed by atoms with Crippen LogP contribution in [0, 0.1) is 5.82 Å². The maximum absolute atomic E-state index is 13.8. The lowest BCUT2D eigenvalue weighted by atomic mass is 10.0. The van der Waals surface area contributed by atoms with Gasteiger partial charge in [0.1, 0.15) is 10.8 Å². The van der Waals surface area contributed by atoms with E-state index < -0.39 is 17.3 Å². The normalized spacial score (nSPS) is 13.6. The first kappa shape index (κ1) is 14.5. The Balaban J connectivity index is 2.38. The summed E-state index contributed by atoms with van der Waals surface area (Å²) in [6.07, 6.45) is 1.60. The van der Waals surface area contributed by atoms with Crippen LogP contribution in [0.4, 0.5) is 10.1 Å². The number of para-hydroxylation sites is 1. The zero-order valence-corrected chi connectivity index (χ0v) is 12.0. The number of halogens is 1. The van der Waals surface area contributed by atoms with Crippen molar-refractivity contribution in [1.82, 2.24) is 4.98 Å². The summed E-state index contributed by atoms with van der Waals surface area (Å²) < 4.78 is 18.9. The molecule has 2 aromatic rings. The van der Waals surface area contributed by atoms with E-state index in [-0.39, 0.29) is 12.3 Å². The zero-order chi connectivity index (χ0) is 14.6. The maximum Gasteiger partial charge on any atom is 0.338 e. The summed E-state index contributed by atoms with van der Waals surface area (Å²) in [4.78, 5) is 16.4. The Kier molecular flexibility index (Phi) is 4.34. The van der Waals surface area contributed by atoms with Crippen LogP contribution in [0.3, 0.4) is 0 Å². The third-order valence-corrected chi connectivity index (χ3v) is 3.80. The number of benzene rings is 1. The van der Waals surface area contributed by atoms with Gasteiger partial charge in [-0.2, -0.15) is 0 Å². The van der Waals surface area contributed by atoms with Crippen molar-refractivity contribution in [2.24, 2.45) is 0 Å². The van der Waals surface area contributed by atoms with E-state index in [0.717, 1.165) is 0 Å². The van der Waals surface area contributed by atoms with Gasteiger partial charge >= 0.3 is 5.97 Å². The van der Waals surface area contributed by atoms with Gasteiger partial charge in [0.05, 0.1) is 12.3 Å². The van der Waals surface area contributed by atoms with Gasteiger partial charge in [0.15, 0.2) is 5.54 Å². The smallest absolute Gasteiger partial charge is 0.338 e. The summed E-state index contributed by atoms with van der Waals surface area (Å²) >= 11 is 1.31. The third-order valence-electron chi connectivity index (χ3n) is 2.80. The number of hydrogen-bond donors (Lipinski definition) is 1. The Hall–Kier alpha value is -1.95. The van der Waals surface area contributed by atoms with Crippen LogP contribution in [-0.4, -0.2) is 17.6 Å². The minimum atomic E-state index is -1.22. The molecule has 0 radical (unpaired) electrons. The van der Waals surface area contributed by atoms with Crippen molar-refractivity contribution < 1.29 is 13.9 Å². The molecule has 1 aromatic heterocycles. The molecule has 0 aliphatic heterocycles. The second kappa shape index (κ2) is 6.00. The third kappa shape index (κ3) is 2.80. The summed E-state index contributed by atoms with van der Waals surface area (Å²) in [6, 6.07) is 6.18. The number of aromatic nitrogens is 1. The van der Waals surface area contributed by atoms with Crippen LogP contribution in [0.1, 0.15) is 18.9 Å². The molecule has 0 aliphatic carbocycles. The molecule has 1 atom stereocenters. The van der Waals surface area contributed by atoms with Gasteiger partial charge in [-0.3, -0.25) is 0 Å². The number of carbonyl (C=O) groups is 1. The van der Waals surface area contributed by atoms with Crippen molar-refractivity contribution in [3.8, 4) is 0 Å². The van der Waals surface area contributed by atoms with Crippen LogP contribution in [0.25, 0.3) is 0 Å². The van der Waals surface area contributed by atoms with E-state index in [2.05, 4.69) is 10.3 Å². The molecular weight excluding hydrogens is 279 g/mol. The van der Waals surface area contributed by atoms with Gasteiger partial charge in [0.2, 0.25) is 0 Å². The molecule has 0 spiro atoms. The molecule has 1 heterocycles. The number of carbonyl (C=O) groups excluding carboxylic acids is 1. The standard InChI is InChI=1S/C14H15FN2O2S/c1-3-19-13(18)14(2,12-16-8-9-20-12)17-11-7-5-4-6-10(11)15/h4-9,17H,3H2,1-2H3. The Morgan fingerprint density at radius 3 is 2.85 bits per heavy atom. The zero-order valence-electron chi connectivity index (χ0n) is 11.2. The highest BCUT2D eigenvalue weighted by Gasteiger charge is 2.39. The van der Waals surface area contributed by atoms with E-state index in [0.29, 0.717) is 5.01 Å². The molecule has 0 aliphatic rings. The van der Waals surface area contributed by atoms with Crippen molar-refractivity contribution in [3.05, 3.63) is 46.7 Å². The minimum Gasteiger partial charge on any atom is -0.464 e. The van der Waals surface area contributed by atoms with Crippen molar-refractivity contribution >= 4 is 23.0 Å². The summed E-state index contributed by atoms with van der Waals surface area (Å²) in [5.41, 5.74) is -0.981. The average Bonchev–Trinajstić information content (AvgIpc) is 2.96. The lowest BCUT2D eigenvalue weighted by Gasteiger charge is -2.27. The molecule has 0 fully saturated rings. The monoisotopic (exact) mass is 294 g/mol.